The summed E-state index contributed by atoms with van der Waals surface area (Å²) in [5.74, 6) is 0.925. The van der Waals surface area contributed by atoms with Gasteiger partial charge in [0, 0.05) is 11.6 Å². The third-order valence-corrected chi connectivity index (χ3v) is 4.13. The van der Waals surface area contributed by atoms with Gasteiger partial charge in [0.25, 0.3) is 0 Å². The summed E-state index contributed by atoms with van der Waals surface area (Å²) >= 11 is 6.15. The minimum Gasteiger partial charge on any atom is -0.397 e. The first kappa shape index (κ1) is 11.8. The summed E-state index contributed by atoms with van der Waals surface area (Å²) in [4.78, 5) is 4.77. The summed E-state index contributed by atoms with van der Waals surface area (Å²) in [6, 6.07) is 14.5. The Morgan fingerprint density at radius 3 is 2.70 bits per heavy atom. The maximum atomic E-state index is 6.15. The zero-order valence-electron chi connectivity index (χ0n) is 10.9. The van der Waals surface area contributed by atoms with Gasteiger partial charge in [-0.1, -0.05) is 29.8 Å². The predicted molar refractivity (Wildman–Crippen MR) is 82.9 cm³/mol. The van der Waals surface area contributed by atoms with Crippen LogP contribution >= 0.6 is 11.6 Å². The molecular formula is C16H14ClN3. The molecule has 1 aromatic heterocycles. The number of benzene rings is 2. The second-order valence-corrected chi connectivity index (χ2v) is 5.63. The second kappa shape index (κ2) is 4.25. The Labute approximate surface area is 122 Å². The fraction of sp³-hybridized carbons (Fsp3) is 0.188. The predicted octanol–water partition coefficient (Wildman–Crippen LogP) is 4.27. The van der Waals surface area contributed by atoms with Crippen LogP contribution in [-0.2, 0) is 0 Å². The standard InChI is InChI=1S/C16H14ClN3/c17-12-5-3-4-11(15(12)18)16-19-13-6-1-2-7-14(13)20(16)10-8-9-10/h1-7,10H,8-9,18H2. The van der Waals surface area contributed by atoms with Gasteiger partial charge < -0.3 is 10.3 Å². The Bertz CT molecular complexity index is 803. The quantitative estimate of drug-likeness (QED) is 0.714. The lowest BCUT2D eigenvalue weighted by Gasteiger charge is -2.10. The number of hydrogen-bond acceptors (Lipinski definition) is 2. The number of rotatable bonds is 2. The van der Waals surface area contributed by atoms with Crippen molar-refractivity contribution >= 4 is 28.3 Å². The van der Waals surface area contributed by atoms with Gasteiger partial charge in [0.15, 0.2) is 0 Å². The summed E-state index contributed by atoms with van der Waals surface area (Å²) < 4.78 is 2.30. The molecule has 4 heteroatoms. The molecule has 4 rings (SSSR count). The SMILES string of the molecule is Nc1c(Cl)cccc1-c1nc2ccccc2n1C1CC1. The van der Waals surface area contributed by atoms with Crippen LogP contribution in [0.4, 0.5) is 5.69 Å². The molecule has 100 valence electrons. The highest BCUT2D eigenvalue weighted by atomic mass is 35.5. The molecule has 20 heavy (non-hydrogen) atoms. The number of halogens is 1. The second-order valence-electron chi connectivity index (χ2n) is 5.23. The van der Waals surface area contributed by atoms with Crippen LogP contribution in [0.5, 0.6) is 0 Å². The maximum absolute atomic E-state index is 6.15. The summed E-state index contributed by atoms with van der Waals surface area (Å²) in [6.07, 6.45) is 2.40. The molecule has 1 fully saturated rings. The summed E-state index contributed by atoms with van der Waals surface area (Å²) in [5, 5.41) is 0.580. The summed E-state index contributed by atoms with van der Waals surface area (Å²) in [6.45, 7) is 0. The van der Waals surface area contributed by atoms with E-state index < -0.39 is 0 Å². The van der Waals surface area contributed by atoms with Crippen LogP contribution in [0.3, 0.4) is 0 Å². The smallest absolute Gasteiger partial charge is 0.143 e. The first-order valence-corrected chi connectivity index (χ1v) is 7.15. The van der Waals surface area contributed by atoms with E-state index in [2.05, 4.69) is 10.6 Å². The van der Waals surface area contributed by atoms with Gasteiger partial charge in [-0.3, -0.25) is 0 Å². The molecule has 1 saturated carbocycles. The van der Waals surface area contributed by atoms with Gasteiger partial charge in [-0.2, -0.15) is 0 Å². The maximum Gasteiger partial charge on any atom is 0.143 e. The fourth-order valence-corrected chi connectivity index (χ4v) is 2.84. The number of anilines is 1. The number of hydrogen-bond donors (Lipinski definition) is 1. The fourth-order valence-electron chi connectivity index (χ4n) is 2.67. The van der Waals surface area contributed by atoms with Crippen LogP contribution in [0.15, 0.2) is 42.5 Å². The van der Waals surface area contributed by atoms with E-state index in [-0.39, 0.29) is 0 Å². The van der Waals surface area contributed by atoms with Crippen LogP contribution in [0, 0.1) is 0 Å². The van der Waals surface area contributed by atoms with E-state index in [4.69, 9.17) is 22.3 Å². The van der Waals surface area contributed by atoms with E-state index in [0.29, 0.717) is 16.8 Å². The lowest BCUT2D eigenvalue weighted by molar-refractivity contribution is 0.775. The van der Waals surface area contributed by atoms with Crippen molar-refractivity contribution < 1.29 is 0 Å². The van der Waals surface area contributed by atoms with Crippen molar-refractivity contribution in [1.29, 1.82) is 0 Å². The highest BCUT2D eigenvalue weighted by molar-refractivity contribution is 6.33. The van der Waals surface area contributed by atoms with Crippen LogP contribution in [0.2, 0.25) is 5.02 Å². The number of fused-ring (bicyclic) bond motifs is 1. The van der Waals surface area contributed by atoms with Crippen molar-refractivity contribution in [3.05, 3.63) is 47.5 Å². The third-order valence-electron chi connectivity index (χ3n) is 3.80. The van der Waals surface area contributed by atoms with Gasteiger partial charge >= 0.3 is 0 Å². The van der Waals surface area contributed by atoms with E-state index in [9.17, 15) is 0 Å². The Morgan fingerprint density at radius 1 is 1.10 bits per heavy atom. The largest absolute Gasteiger partial charge is 0.397 e. The Balaban J connectivity index is 2.04. The molecule has 1 aliphatic rings. The zero-order chi connectivity index (χ0) is 13.7. The van der Waals surface area contributed by atoms with Gasteiger partial charge in [0.1, 0.15) is 5.82 Å². The van der Waals surface area contributed by atoms with Gasteiger partial charge in [0.05, 0.1) is 21.7 Å². The average Bonchev–Trinajstić information content (AvgIpc) is 3.22. The molecule has 3 aromatic rings. The molecule has 0 radical (unpaired) electrons. The number of para-hydroxylation sites is 3. The van der Waals surface area contributed by atoms with Crippen molar-refractivity contribution in [2.75, 3.05) is 5.73 Å². The minimum atomic E-state index is 0.538. The molecule has 0 amide bonds. The topological polar surface area (TPSA) is 43.8 Å². The number of aromatic nitrogens is 2. The van der Waals surface area contributed by atoms with Crippen molar-refractivity contribution in [1.82, 2.24) is 9.55 Å². The van der Waals surface area contributed by atoms with E-state index in [1.807, 2.05) is 36.4 Å². The van der Waals surface area contributed by atoms with E-state index in [1.165, 1.54) is 18.4 Å². The molecule has 0 atom stereocenters. The van der Waals surface area contributed by atoms with Crippen molar-refractivity contribution in [3.8, 4) is 11.4 Å². The number of nitrogens with zero attached hydrogens (tertiary/aromatic N) is 2. The Kier molecular flexibility index (Phi) is 2.51. The van der Waals surface area contributed by atoms with Crippen LogP contribution in [-0.4, -0.2) is 9.55 Å². The number of nitrogens with two attached hydrogens (primary N) is 1. The summed E-state index contributed by atoms with van der Waals surface area (Å²) in [5.41, 5.74) is 9.84. The molecule has 0 bridgehead atoms. The van der Waals surface area contributed by atoms with Crippen LogP contribution in [0.25, 0.3) is 22.4 Å². The zero-order valence-corrected chi connectivity index (χ0v) is 11.6. The van der Waals surface area contributed by atoms with E-state index >= 15 is 0 Å². The average molecular weight is 284 g/mol. The molecule has 2 aromatic carbocycles. The molecule has 0 aliphatic heterocycles. The molecule has 0 saturated heterocycles. The number of nitrogen functional groups attached to an aromatic ring is 1. The van der Waals surface area contributed by atoms with Crippen molar-refractivity contribution in [3.63, 3.8) is 0 Å². The molecule has 3 nitrogen and oxygen atoms in total. The van der Waals surface area contributed by atoms with Gasteiger partial charge in [-0.25, -0.2) is 4.98 Å². The minimum absolute atomic E-state index is 0.538. The van der Waals surface area contributed by atoms with Gasteiger partial charge in [-0.05, 0) is 37.1 Å². The lowest BCUT2D eigenvalue weighted by Crippen LogP contribution is -2.00. The summed E-state index contributed by atoms with van der Waals surface area (Å²) in [7, 11) is 0. The normalized spacial score (nSPS) is 14.8. The van der Waals surface area contributed by atoms with Crippen LogP contribution < -0.4 is 5.73 Å². The molecule has 0 unspecified atom stereocenters. The molecule has 2 N–H and O–H groups in total. The monoisotopic (exact) mass is 283 g/mol. The number of imidazole rings is 1. The highest BCUT2D eigenvalue weighted by Crippen LogP contribution is 2.42. The van der Waals surface area contributed by atoms with E-state index in [0.717, 1.165) is 16.9 Å². The molecule has 1 heterocycles. The van der Waals surface area contributed by atoms with Crippen molar-refractivity contribution in [2.45, 2.75) is 18.9 Å². The van der Waals surface area contributed by atoms with Gasteiger partial charge in [0.2, 0.25) is 0 Å². The first-order chi connectivity index (χ1) is 9.75. The lowest BCUT2D eigenvalue weighted by atomic mass is 10.1. The van der Waals surface area contributed by atoms with E-state index in [1.54, 1.807) is 0 Å². The Morgan fingerprint density at radius 2 is 1.90 bits per heavy atom. The Hall–Kier alpha value is -2.00. The molecule has 0 spiro atoms. The third kappa shape index (κ3) is 1.70. The molecular weight excluding hydrogens is 270 g/mol. The first-order valence-electron chi connectivity index (χ1n) is 6.77. The van der Waals surface area contributed by atoms with Gasteiger partial charge in [-0.15, -0.1) is 0 Å². The highest BCUT2D eigenvalue weighted by Gasteiger charge is 2.29. The van der Waals surface area contributed by atoms with Crippen molar-refractivity contribution in [2.24, 2.45) is 0 Å². The molecule has 1 aliphatic carbocycles. The van der Waals surface area contributed by atoms with Crippen LogP contribution in [0.1, 0.15) is 18.9 Å².